The van der Waals surface area contributed by atoms with Gasteiger partial charge in [-0.25, -0.2) is 0 Å². The minimum absolute atomic E-state index is 0.151. The molecule has 1 heterocycles. The molecule has 6 heteroatoms. The molecule has 29 heavy (non-hydrogen) atoms. The fourth-order valence-electron chi connectivity index (χ4n) is 3.59. The number of methoxy groups -OCH3 is 2. The van der Waals surface area contributed by atoms with Crippen molar-refractivity contribution in [2.75, 3.05) is 34.0 Å². The lowest BCUT2D eigenvalue weighted by Crippen LogP contribution is -2.44. The van der Waals surface area contributed by atoms with Gasteiger partial charge in [0.2, 0.25) is 5.91 Å². The number of carbonyl (C=O) groups excluding carboxylic acids is 1. The molecule has 1 aliphatic rings. The molecule has 0 atom stereocenters. The van der Waals surface area contributed by atoms with Gasteiger partial charge < -0.3 is 19.5 Å². The van der Waals surface area contributed by atoms with Gasteiger partial charge in [0, 0.05) is 41.8 Å². The Balaban J connectivity index is 1.71. The molecular weight excluding hydrogens is 390 g/mol. The molecule has 1 aliphatic heterocycles. The van der Waals surface area contributed by atoms with Crippen molar-refractivity contribution in [1.82, 2.24) is 5.32 Å². The first-order valence-electron chi connectivity index (χ1n) is 9.58. The SMILES string of the molecule is COc1ccc(C2(CNC(=O)/C=C/c3cc(Cl)ccc3OC)CCOCC2)cc1. The van der Waals surface area contributed by atoms with Gasteiger partial charge in [0.05, 0.1) is 14.2 Å². The first-order valence-corrected chi connectivity index (χ1v) is 9.96. The summed E-state index contributed by atoms with van der Waals surface area (Å²) >= 11 is 6.05. The van der Waals surface area contributed by atoms with Crippen molar-refractivity contribution in [3.05, 3.63) is 64.7 Å². The number of carbonyl (C=O) groups is 1. The quantitative estimate of drug-likeness (QED) is 0.687. The number of hydrogen-bond acceptors (Lipinski definition) is 4. The standard InChI is InChI=1S/C23H26ClNO4/c1-27-20-7-4-18(5-8-20)23(11-13-29-14-12-23)16-25-22(26)10-3-17-15-19(24)6-9-21(17)28-2/h3-10,15H,11-14,16H2,1-2H3,(H,25,26)/b10-3+. The highest BCUT2D eigenvalue weighted by molar-refractivity contribution is 6.30. The third-order valence-electron chi connectivity index (χ3n) is 5.36. The molecule has 0 saturated carbocycles. The fraction of sp³-hybridized carbons (Fsp3) is 0.348. The van der Waals surface area contributed by atoms with Crippen molar-refractivity contribution < 1.29 is 19.0 Å². The molecule has 0 aromatic heterocycles. The highest BCUT2D eigenvalue weighted by Gasteiger charge is 2.34. The van der Waals surface area contributed by atoms with Gasteiger partial charge in [-0.3, -0.25) is 4.79 Å². The van der Waals surface area contributed by atoms with E-state index < -0.39 is 0 Å². The maximum absolute atomic E-state index is 12.5. The van der Waals surface area contributed by atoms with Gasteiger partial charge in [0.15, 0.2) is 0 Å². The van der Waals surface area contributed by atoms with Gasteiger partial charge in [0.25, 0.3) is 0 Å². The maximum Gasteiger partial charge on any atom is 0.244 e. The van der Waals surface area contributed by atoms with Crippen LogP contribution in [0.15, 0.2) is 48.5 Å². The molecule has 2 aromatic carbocycles. The molecular formula is C23H26ClNO4. The van der Waals surface area contributed by atoms with E-state index in [1.54, 1.807) is 38.5 Å². The Kier molecular flexibility index (Phi) is 7.18. The molecule has 0 radical (unpaired) electrons. The number of nitrogens with one attached hydrogen (secondary N) is 1. The highest BCUT2D eigenvalue weighted by Crippen LogP contribution is 2.35. The average molecular weight is 416 g/mol. The number of rotatable bonds is 7. The lowest BCUT2D eigenvalue weighted by molar-refractivity contribution is -0.116. The van der Waals surface area contributed by atoms with E-state index in [9.17, 15) is 4.79 Å². The normalized spacial score (nSPS) is 15.8. The second kappa shape index (κ2) is 9.81. The van der Waals surface area contributed by atoms with Crippen molar-refractivity contribution in [3.63, 3.8) is 0 Å². The monoisotopic (exact) mass is 415 g/mol. The van der Waals surface area contributed by atoms with Crippen LogP contribution in [0.5, 0.6) is 11.5 Å². The molecule has 0 aliphatic carbocycles. The van der Waals surface area contributed by atoms with Gasteiger partial charge in [-0.2, -0.15) is 0 Å². The van der Waals surface area contributed by atoms with Crippen LogP contribution in [0.1, 0.15) is 24.0 Å². The third-order valence-corrected chi connectivity index (χ3v) is 5.59. The van der Waals surface area contributed by atoms with E-state index in [4.69, 9.17) is 25.8 Å². The predicted molar refractivity (Wildman–Crippen MR) is 115 cm³/mol. The second-order valence-electron chi connectivity index (χ2n) is 7.06. The van der Waals surface area contributed by atoms with Gasteiger partial charge >= 0.3 is 0 Å². The summed E-state index contributed by atoms with van der Waals surface area (Å²) in [5.74, 6) is 1.32. The Labute approximate surface area is 176 Å². The molecule has 154 valence electrons. The number of benzene rings is 2. The summed E-state index contributed by atoms with van der Waals surface area (Å²) < 4.78 is 16.1. The first kappa shape index (κ1) is 21.2. The topological polar surface area (TPSA) is 56.8 Å². The van der Waals surface area contributed by atoms with E-state index >= 15 is 0 Å². The van der Waals surface area contributed by atoms with Gasteiger partial charge in [0.1, 0.15) is 11.5 Å². The zero-order valence-electron chi connectivity index (χ0n) is 16.7. The molecule has 3 rings (SSSR count). The summed E-state index contributed by atoms with van der Waals surface area (Å²) in [4.78, 5) is 12.5. The molecule has 0 bridgehead atoms. The largest absolute Gasteiger partial charge is 0.497 e. The van der Waals surface area contributed by atoms with E-state index in [1.807, 2.05) is 12.1 Å². The first-order chi connectivity index (χ1) is 14.1. The molecule has 1 fully saturated rings. The lowest BCUT2D eigenvalue weighted by Gasteiger charge is -2.38. The number of halogens is 1. The Bertz CT molecular complexity index is 858. The van der Waals surface area contributed by atoms with Crippen LogP contribution < -0.4 is 14.8 Å². The summed E-state index contributed by atoms with van der Waals surface area (Å²) in [5, 5.41) is 3.65. The van der Waals surface area contributed by atoms with Crippen LogP contribution in [0.4, 0.5) is 0 Å². The van der Waals surface area contributed by atoms with Gasteiger partial charge in [-0.1, -0.05) is 23.7 Å². The van der Waals surface area contributed by atoms with Crippen molar-refractivity contribution in [3.8, 4) is 11.5 Å². The zero-order valence-corrected chi connectivity index (χ0v) is 17.5. The molecule has 0 spiro atoms. The van der Waals surface area contributed by atoms with Crippen LogP contribution in [0.25, 0.3) is 6.08 Å². The van der Waals surface area contributed by atoms with Crippen LogP contribution in [-0.4, -0.2) is 39.9 Å². The van der Waals surface area contributed by atoms with Gasteiger partial charge in [-0.05, 0) is 54.8 Å². The molecule has 2 aromatic rings. The van der Waals surface area contributed by atoms with E-state index in [2.05, 4.69) is 17.4 Å². The van der Waals surface area contributed by atoms with Crippen molar-refractivity contribution >= 4 is 23.6 Å². The number of amides is 1. The van der Waals surface area contributed by atoms with Crippen LogP contribution >= 0.6 is 11.6 Å². The van der Waals surface area contributed by atoms with Gasteiger partial charge in [-0.15, -0.1) is 0 Å². The van der Waals surface area contributed by atoms with E-state index in [-0.39, 0.29) is 11.3 Å². The zero-order chi connectivity index (χ0) is 20.7. The third kappa shape index (κ3) is 5.31. The molecule has 5 nitrogen and oxygen atoms in total. The second-order valence-corrected chi connectivity index (χ2v) is 7.50. The molecule has 0 unspecified atom stereocenters. The number of ether oxygens (including phenoxy) is 3. The van der Waals surface area contributed by atoms with Crippen LogP contribution in [0, 0.1) is 0 Å². The highest BCUT2D eigenvalue weighted by atomic mass is 35.5. The summed E-state index contributed by atoms with van der Waals surface area (Å²) in [6.45, 7) is 1.90. The van der Waals surface area contributed by atoms with Crippen LogP contribution in [-0.2, 0) is 14.9 Å². The minimum atomic E-state index is -0.161. The minimum Gasteiger partial charge on any atom is -0.497 e. The van der Waals surface area contributed by atoms with Crippen LogP contribution in [0.3, 0.4) is 0 Å². The van der Waals surface area contributed by atoms with E-state index in [0.29, 0.717) is 30.5 Å². The Morgan fingerprint density at radius 3 is 2.52 bits per heavy atom. The number of hydrogen-bond donors (Lipinski definition) is 1. The van der Waals surface area contributed by atoms with E-state index in [0.717, 1.165) is 24.2 Å². The van der Waals surface area contributed by atoms with Crippen molar-refractivity contribution in [1.29, 1.82) is 0 Å². The lowest BCUT2D eigenvalue weighted by atomic mass is 9.74. The Morgan fingerprint density at radius 2 is 1.86 bits per heavy atom. The molecule has 1 amide bonds. The maximum atomic E-state index is 12.5. The summed E-state index contributed by atoms with van der Waals surface area (Å²) in [6, 6.07) is 13.4. The fourth-order valence-corrected chi connectivity index (χ4v) is 3.77. The molecule has 1 saturated heterocycles. The predicted octanol–water partition coefficient (Wildman–Crippen LogP) is 4.24. The average Bonchev–Trinajstić information content (AvgIpc) is 2.77. The molecule has 1 N–H and O–H groups in total. The van der Waals surface area contributed by atoms with Crippen molar-refractivity contribution in [2.24, 2.45) is 0 Å². The summed E-state index contributed by atoms with van der Waals surface area (Å²) in [7, 11) is 3.24. The summed E-state index contributed by atoms with van der Waals surface area (Å²) in [6.07, 6.45) is 4.93. The van der Waals surface area contributed by atoms with Crippen LogP contribution in [0.2, 0.25) is 5.02 Å². The van der Waals surface area contributed by atoms with E-state index in [1.165, 1.54) is 11.6 Å². The van der Waals surface area contributed by atoms with Crippen molar-refractivity contribution in [2.45, 2.75) is 18.3 Å². The summed E-state index contributed by atoms with van der Waals surface area (Å²) in [5.41, 5.74) is 1.79. The Morgan fingerprint density at radius 1 is 1.14 bits per heavy atom. The Hall–Kier alpha value is -2.50. The smallest absolute Gasteiger partial charge is 0.244 e.